The molecule has 5 atom stereocenters. The highest BCUT2D eigenvalue weighted by Crippen LogP contribution is 2.43. The van der Waals surface area contributed by atoms with Crippen molar-refractivity contribution in [3.8, 4) is 5.75 Å². The van der Waals surface area contributed by atoms with Gasteiger partial charge < -0.3 is 25.3 Å². The molecule has 2 heterocycles. The van der Waals surface area contributed by atoms with E-state index in [2.05, 4.69) is 20.6 Å². The van der Waals surface area contributed by atoms with E-state index in [4.69, 9.17) is 4.74 Å². The third-order valence-corrected chi connectivity index (χ3v) is 9.42. The van der Waals surface area contributed by atoms with E-state index >= 15 is 0 Å². The van der Waals surface area contributed by atoms with Crippen LogP contribution in [0.5, 0.6) is 5.75 Å². The van der Waals surface area contributed by atoms with Crippen LogP contribution >= 0.6 is 0 Å². The zero-order valence-corrected chi connectivity index (χ0v) is 24.7. The number of hydrogen-bond acceptors (Lipinski definition) is 7. The first kappa shape index (κ1) is 29.5. The Balaban J connectivity index is 1.23. The Morgan fingerprint density at radius 3 is 2.61 bits per heavy atom. The number of H-pyrrole nitrogens is 1. The van der Waals surface area contributed by atoms with E-state index in [0.29, 0.717) is 36.2 Å². The van der Waals surface area contributed by atoms with Crippen molar-refractivity contribution in [1.82, 2.24) is 25.5 Å². The topological polar surface area (TPSA) is 151 Å². The smallest absolute Gasteiger partial charge is 0.290 e. The average molecular weight is 600 g/mol. The predicted molar refractivity (Wildman–Crippen MR) is 160 cm³/mol. The zero-order valence-electron chi connectivity index (χ0n) is 24.7. The van der Waals surface area contributed by atoms with Gasteiger partial charge in [-0.25, -0.2) is 4.98 Å². The number of rotatable bonds is 10. The maximum absolute atomic E-state index is 14.1. The molecule has 0 bridgehead atoms. The zero-order chi connectivity index (χ0) is 30.8. The number of likely N-dealkylation sites (tertiary alicyclic amines) is 1. The van der Waals surface area contributed by atoms with Crippen LogP contribution in [0.2, 0.25) is 0 Å². The van der Waals surface area contributed by atoms with Crippen molar-refractivity contribution in [1.29, 1.82) is 0 Å². The molecule has 2 aliphatic carbocycles. The summed E-state index contributed by atoms with van der Waals surface area (Å²) in [5.74, 6) is -2.18. The number of hydrogen-bond donors (Lipinski definition) is 3. The number of methoxy groups -OCH3 is 1. The van der Waals surface area contributed by atoms with Gasteiger partial charge in [0.15, 0.2) is 5.82 Å². The predicted octanol–water partition coefficient (Wildman–Crippen LogP) is 2.94. The molecular weight excluding hydrogens is 562 g/mol. The molecule has 230 valence electrons. The Morgan fingerprint density at radius 1 is 1.05 bits per heavy atom. The molecule has 0 radical (unpaired) electrons. The number of aromatic nitrogens is 2. The van der Waals surface area contributed by atoms with Crippen molar-refractivity contribution >= 4 is 40.3 Å². The number of imidazole rings is 1. The molecule has 11 nitrogen and oxygen atoms in total. The van der Waals surface area contributed by atoms with Gasteiger partial charge in [0, 0.05) is 25.4 Å². The molecule has 44 heavy (non-hydrogen) atoms. The summed E-state index contributed by atoms with van der Waals surface area (Å²) in [6.07, 6.45) is 4.43. The van der Waals surface area contributed by atoms with Crippen LogP contribution in [0.25, 0.3) is 11.0 Å². The summed E-state index contributed by atoms with van der Waals surface area (Å²) >= 11 is 0. The number of ketones is 2. The number of para-hydroxylation sites is 1. The molecular formula is C33H37N5O6. The summed E-state index contributed by atoms with van der Waals surface area (Å²) in [5, 5.41) is 5.49. The van der Waals surface area contributed by atoms with Crippen molar-refractivity contribution in [2.75, 3.05) is 13.7 Å². The van der Waals surface area contributed by atoms with Crippen LogP contribution in [0.3, 0.4) is 0 Å². The number of ether oxygens (including phenoxy) is 1. The van der Waals surface area contributed by atoms with Crippen LogP contribution in [0.1, 0.15) is 61.1 Å². The molecule has 1 aromatic heterocycles. The first-order valence-corrected chi connectivity index (χ1v) is 15.4. The molecule has 1 saturated heterocycles. The quantitative estimate of drug-likeness (QED) is 0.303. The average Bonchev–Trinajstić information content (AvgIpc) is 3.83. The number of fused-ring (bicyclic) bond motifs is 2. The Morgan fingerprint density at radius 2 is 1.86 bits per heavy atom. The maximum atomic E-state index is 14.1. The lowest BCUT2D eigenvalue weighted by atomic mass is 9.91. The molecule has 2 saturated carbocycles. The van der Waals surface area contributed by atoms with E-state index in [9.17, 15) is 24.0 Å². The van der Waals surface area contributed by atoms with E-state index < -0.39 is 41.5 Å². The largest absolute Gasteiger partial charge is 0.494 e. The standard InChI is InChI=1S/C33H37N5O6/c1-44-26-15-7-13-23-27(26)37-30(35-23)33(43)38-18-21-11-5-12-22(21)28(38)31(41)36-24(16-20-10-6-14-25(20)39)29(40)32(42)34-17-19-8-3-2-4-9-19/h2-4,7-9,13,15,20-22,24,28H,5-6,10-12,14,16-18H2,1H3,(H,34,42)(H,35,37)(H,36,41)/t20-,21-,22-,24-,28-/m0/s1. The molecule has 3 aromatic rings. The van der Waals surface area contributed by atoms with Gasteiger partial charge in [0.05, 0.1) is 18.7 Å². The van der Waals surface area contributed by atoms with Crippen LogP contribution in [0, 0.1) is 17.8 Å². The third kappa shape index (κ3) is 5.82. The minimum absolute atomic E-state index is 0.0376. The highest BCUT2D eigenvalue weighted by Gasteiger charge is 2.50. The number of nitrogens with zero attached hydrogens (tertiary/aromatic N) is 2. The van der Waals surface area contributed by atoms with Gasteiger partial charge >= 0.3 is 0 Å². The molecule has 3 amide bonds. The van der Waals surface area contributed by atoms with Gasteiger partial charge in [-0.15, -0.1) is 0 Å². The summed E-state index contributed by atoms with van der Waals surface area (Å²) in [4.78, 5) is 76.1. The fourth-order valence-electron chi connectivity index (χ4n) is 7.19. The second kappa shape index (κ2) is 12.6. The fraction of sp³-hybridized carbons (Fsp3) is 0.455. The second-order valence-electron chi connectivity index (χ2n) is 12.1. The lowest BCUT2D eigenvalue weighted by Gasteiger charge is -2.29. The van der Waals surface area contributed by atoms with Gasteiger partial charge in [-0.3, -0.25) is 24.0 Å². The highest BCUT2D eigenvalue weighted by molar-refractivity contribution is 6.38. The summed E-state index contributed by atoms with van der Waals surface area (Å²) in [6, 6.07) is 12.6. The van der Waals surface area contributed by atoms with Gasteiger partial charge in [0.2, 0.25) is 11.7 Å². The van der Waals surface area contributed by atoms with Crippen molar-refractivity contribution in [3.63, 3.8) is 0 Å². The van der Waals surface area contributed by atoms with Crippen LogP contribution in [-0.4, -0.2) is 69.9 Å². The lowest BCUT2D eigenvalue weighted by Crippen LogP contribution is -2.55. The van der Waals surface area contributed by atoms with Gasteiger partial charge in [-0.1, -0.05) is 42.8 Å². The van der Waals surface area contributed by atoms with Gasteiger partial charge in [-0.05, 0) is 61.6 Å². The van der Waals surface area contributed by atoms with Crippen LogP contribution in [0.15, 0.2) is 48.5 Å². The second-order valence-corrected chi connectivity index (χ2v) is 12.1. The van der Waals surface area contributed by atoms with Crippen LogP contribution in [-0.2, 0) is 25.7 Å². The molecule has 6 rings (SSSR count). The number of nitrogens with one attached hydrogen (secondary N) is 3. The van der Waals surface area contributed by atoms with Crippen molar-refractivity contribution in [2.24, 2.45) is 17.8 Å². The van der Waals surface area contributed by atoms with E-state index in [0.717, 1.165) is 31.2 Å². The molecule has 3 fully saturated rings. The molecule has 1 aliphatic heterocycles. The number of carbonyl (C=O) groups is 5. The number of benzene rings is 2. The Labute approximate surface area is 255 Å². The Bertz CT molecular complexity index is 1590. The number of carbonyl (C=O) groups excluding carboxylic acids is 5. The molecule has 0 spiro atoms. The summed E-state index contributed by atoms with van der Waals surface area (Å²) in [6.45, 7) is 0.554. The number of aromatic amines is 1. The first-order valence-electron chi connectivity index (χ1n) is 15.4. The van der Waals surface area contributed by atoms with Gasteiger partial charge in [0.25, 0.3) is 11.8 Å². The third-order valence-electron chi connectivity index (χ3n) is 9.42. The maximum Gasteiger partial charge on any atom is 0.290 e. The minimum Gasteiger partial charge on any atom is -0.494 e. The van der Waals surface area contributed by atoms with Crippen LogP contribution < -0.4 is 15.4 Å². The Kier molecular flexibility index (Phi) is 8.45. The van der Waals surface area contributed by atoms with E-state index in [1.807, 2.05) is 30.3 Å². The van der Waals surface area contributed by atoms with Crippen molar-refractivity contribution < 1.29 is 28.7 Å². The summed E-state index contributed by atoms with van der Waals surface area (Å²) in [5.41, 5.74) is 1.99. The van der Waals surface area contributed by atoms with E-state index in [1.54, 1.807) is 23.1 Å². The SMILES string of the molecule is COc1cccc2[nH]c(C(=O)N3C[C@@H]4CCC[C@@H]4[C@H]3C(=O)N[C@@H](C[C@@H]3CCCC3=O)C(=O)C(=O)NCc3ccccc3)nc12. The fourth-order valence-corrected chi connectivity index (χ4v) is 7.19. The van der Waals surface area contributed by atoms with Gasteiger partial charge in [0.1, 0.15) is 23.1 Å². The van der Waals surface area contributed by atoms with Gasteiger partial charge in [-0.2, -0.15) is 0 Å². The minimum atomic E-state index is -1.18. The van der Waals surface area contributed by atoms with Crippen molar-refractivity contribution in [3.05, 3.63) is 59.9 Å². The van der Waals surface area contributed by atoms with Crippen molar-refractivity contribution in [2.45, 2.75) is 63.6 Å². The lowest BCUT2D eigenvalue weighted by molar-refractivity contribution is -0.141. The summed E-state index contributed by atoms with van der Waals surface area (Å²) < 4.78 is 5.40. The Hall–Kier alpha value is -4.54. The normalized spacial score (nSPS) is 23.4. The molecule has 0 unspecified atom stereocenters. The monoisotopic (exact) mass is 599 g/mol. The number of Topliss-reactive ketones (excluding diaryl/α,β-unsaturated/α-hetero) is 2. The van der Waals surface area contributed by atoms with Crippen LogP contribution in [0.4, 0.5) is 0 Å². The first-order chi connectivity index (χ1) is 21.3. The molecule has 3 N–H and O–H groups in total. The van der Waals surface area contributed by atoms with E-state index in [-0.39, 0.29) is 36.4 Å². The molecule has 2 aromatic carbocycles. The number of amides is 3. The summed E-state index contributed by atoms with van der Waals surface area (Å²) in [7, 11) is 1.53. The molecule has 3 aliphatic rings. The van der Waals surface area contributed by atoms with E-state index in [1.165, 1.54) is 7.11 Å². The molecule has 11 heteroatoms. The highest BCUT2D eigenvalue weighted by atomic mass is 16.5.